The third kappa shape index (κ3) is 1.48. The maximum atomic E-state index is 12.9. The van der Waals surface area contributed by atoms with Gasteiger partial charge < -0.3 is 4.84 Å². The SMILES string of the molecule is FC(F)(F)C1(c2ccccc2)C[C]=NO1. The molecule has 1 aromatic rings. The van der Waals surface area contributed by atoms with Crippen LogP contribution in [0.25, 0.3) is 0 Å². The van der Waals surface area contributed by atoms with Crippen molar-refractivity contribution in [3.05, 3.63) is 35.9 Å². The third-order valence-electron chi connectivity index (χ3n) is 2.29. The topological polar surface area (TPSA) is 21.6 Å². The maximum absolute atomic E-state index is 12.9. The largest absolute Gasteiger partial charge is 0.435 e. The Bertz CT molecular complexity index is 364. The van der Waals surface area contributed by atoms with E-state index in [1.807, 2.05) is 0 Å². The van der Waals surface area contributed by atoms with Gasteiger partial charge in [0, 0.05) is 5.56 Å². The van der Waals surface area contributed by atoms with E-state index in [0.717, 1.165) is 0 Å². The van der Waals surface area contributed by atoms with Gasteiger partial charge in [0.15, 0.2) is 0 Å². The molecule has 2 rings (SSSR count). The summed E-state index contributed by atoms with van der Waals surface area (Å²) in [5, 5.41) is 3.11. The van der Waals surface area contributed by atoms with Crippen LogP contribution in [-0.4, -0.2) is 12.4 Å². The molecule has 1 aromatic carbocycles. The minimum atomic E-state index is -4.50. The van der Waals surface area contributed by atoms with Crippen molar-refractivity contribution in [2.75, 3.05) is 0 Å². The molecule has 1 aliphatic heterocycles. The number of hydrogen-bond acceptors (Lipinski definition) is 2. The van der Waals surface area contributed by atoms with Crippen molar-refractivity contribution in [3.8, 4) is 0 Å². The molecule has 1 atom stereocenters. The van der Waals surface area contributed by atoms with Crippen molar-refractivity contribution in [1.29, 1.82) is 0 Å². The smallest absolute Gasteiger partial charge is 0.374 e. The van der Waals surface area contributed by atoms with Gasteiger partial charge in [0.2, 0.25) is 0 Å². The molecular formula is C10H7F3NO. The summed E-state index contributed by atoms with van der Waals surface area (Å²) >= 11 is 0. The molecule has 0 amide bonds. The first-order chi connectivity index (χ1) is 7.06. The molecule has 0 fully saturated rings. The molecule has 0 N–H and O–H groups in total. The summed E-state index contributed by atoms with van der Waals surface area (Å²) in [4.78, 5) is 4.48. The van der Waals surface area contributed by atoms with Crippen LogP contribution >= 0.6 is 0 Å². The van der Waals surface area contributed by atoms with Crippen LogP contribution in [0.4, 0.5) is 13.2 Å². The zero-order chi connectivity index (χ0) is 10.9. The summed E-state index contributed by atoms with van der Waals surface area (Å²) in [6.07, 6.45) is -2.70. The molecule has 1 heterocycles. The van der Waals surface area contributed by atoms with Crippen LogP contribution in [0.1, 0.15) is 12.0 Å². The van der Waals surface area contributed by atoms with Gasteiger partial charge >= 0.3 is 6.18 Å². The molecular weight excluding hydrogens is 207 g/mol. The average molecular weight is 214 g/mol. The van der Waals surface area contributed by atoms with Gasteiger partial charge in [-0.25, -0.2) is 0 Å². The highest BCUT2D eigenvalue weighted by atomic mass is 19.4. The van der Waals surface area contributed by atoms with Crippen molar-refractivity contribution >= 4 is 6.21 Å². The van der Waals surface area contributed by atoms with E-state index in [1.165, 1.54) is 24.3 Å². The Kier molecular flexibility index (Phi) is 2.17. The number of hydrogen-bond donors (Lipinski definition) is 0. The molecule has 2 nitrogen and oxygen atoms in total. The Morgan fingerprint density at radius 2 is 1.93 bits per heavy atom. The minimum Gasteiger partial charge on any atom is -0.374 e. The fourth-order valence-corrected chi connectivity index (χ4v) is 1.46. The molecule has 0 saturated heterocycles. The lowest BCUT2D eigenvalue weighted by Gasteiger charge is -2.28. The first kappa shape index (κ1) is 10.0. The van der Waals surface area contributed by atoms with E-state index in [1.54, 1.807) is 6.07 Å². The molecule has 1 aliphatic rings. The Hall–Kier alpha value is -1.52. The fourth-order valence-electron chi connectivity index (χ4n) is 1.46. The number of rotatable bonds is 1. The van der Waals surface area contributed by atoms with Gasteiger partial charge in [-0.05, 0) is 0 Å². The Labute approximate surface area is 84.3 Å². The summed E-state index contributed by atoms with van der Waals surface area (Å²) in [6, 6.07) is 7.45. The van der Waals surface area contributed by atoms with E-state index in [-0.39, 0.29) is 5.56 Å². The summed E-state index contributed by atoms with van der Waals surface area (Å²) in [5.41, 5.74) is -2.31. The highest BCUT2D eigenvalue weighted by Gasteiger charge is 2.60. The van der Waals surface area contributed by atoms with Gasteiger partial charge in [0.25, 0.3) is 5.60 Å². The maximum Gasteiger partial charge on any atom is 0.435 e. The van der Waals surface area contributed by atoms with Crippen molar-refractivity contribution in [2.24, 2.45) is 5.16 Å². The molecule has 1 radical (unpaired) electrons. The monoisotopic (exact) mass is 214 g/mol. The van der Waals surface area contributed by atoms with Crippen LogP contribution in [0, 0.1) is 0 Å². The molecule has 1 unspecified atom stereocenters. The number of halogens is 3. The molecule has 0 saturated carbocycles. The van der Waals surface area contributed by atoms with E-state index in [4.69, 9.17) is 0 Å². The summed E-state index contributed by atoms with van der Waals surface area (Å²) in [6.45, 7) is 0. The standard InChI is InChI=1S/C10H7F3NO/c11-10(12,13)9(6-7-14-15-9)8-4-2-1-3-5-8/h1-5H,6H2. The second kappa shape index (κ2) is 3.25. The van der Waals surface area contributed by atoms with E-state index in [9.17, 15) is 13.2 Å². The van der Waals surface area contributed by atoms with Gasteiger partial charge in [-0.1, -0.05) is 35.5 Å². The molecule has 0 aromatic heterocycles. The first-order valence-corrected chi connectivity index (χ1v) is 4.30. The van der Waals surface area contributed by atoms with E-state index in [0.29, 0.717) is 0 Å². The van der Waals surface area contributed by atoms with Crippen LogP contribution in [-0.2, 0) is 10.4 Å². The fraction of sp³-hybridized carbons (Fsp3) is 0.300. The van der Waals surface area contributed by atoms with E-state index >= 15 is 0 Å². The molecule has 0 bridgehead atoms. The summed E-state index contributed by atoms with van der Waals surface area (Å²) in [7, 11) is 0. The zero-order valence-electron chi connectivity index (χ0n) is 7.58. The normalized spacial score (nSPS) is 25.3. The third-order valence-corrected chi connectivity index (χ3v) is 2.29. The molecule has 0 spiro atoms. The Morgan fingerprint density at radius 3 is 2.40 bits per heavy atom. The highest BCUT2D eigenvalue weighted by molar-refractivity contribution is 5.61. The lowest BCUT2D eigenvalue weighted by atomic mass is 9.90. The van der Waals surface area contributed by atoms with Crippen LogP contribution in [0.5, 0.6) is 0 Å². The predicted octanol–water partition coefficient (Wildman–Crippen LogP) is 2.73. The van der Waals surface area contributed by atoms with Crippen molar-refractivity contribution < 1.29 is 18.0 Å². The summed E-state index contributed by atoms with van der Waals surface area (Å²) < 4.78 is 38.6. The molecule has 79 valence electrons. The summed E-state index contributed by atoms with van der Waals surface area (Å²) in [5.74, 6) is 0. The molecule has 0 aliphatic carbocycles. The van der Waals surface area contributed by atoms with Gasteiger partial charge in [-0.15, -0.1) is 0 Å². The number of nitrogens with zero attached hydrogens (tertiary/aromatic N) is 1. The van der Waals surface area contributed by atoms with Crippen LogP contribution < -0.4 is 0 Å². The van der Waals surface area contributed by atoms with Crippen LogP contribution in [0.3, 0.4) is 0 Å². The van der Waals surface area contributed by atoms with Crippen molar-refractivity contribution in [1.82, 2.24) is 0 Å². The zero-order valence-corrected chi connectivity index (χ0v) is 7.58. The molecule has 5 heteroatoms. The molecule has 15 heavy (non-hydrogen) atoms. The van der Waals surface area contributed by atoms with Gasteiger partial charge in [-0.2, -0.15) is 13.2 Å². The lowest BCUT2D eigenvalue weighted by molar-refractivity contribution is -0.275. The van der Waals surface area contributed by atoms with Gasteiger partial charge in [0.05, 0.1) is 6.42 Å². The average Bonchev–Trinajstić information content (AvgIpc) is 2.68. The lowest BCUT2D eigenvalue weighted by Crippen LogP contribution is -2.41. The number of alkyl halides is 3. The van der Waals surface area contributed by atoms with Crippen molar-refractivity contribution in [3.63, 3.8) is 0 Å². The van der Waals surface area contributed by atoms with Gasteiger partial charge in [0.1, 0.15) is 6.21 Å². The predicted molar refractivity (Wildman–Crippen MR) is 47.3 cm³/mol. The Balaban J connectivity index is 2.45. The second-order valence-corrected chi connectivity index (χ2v) is 3.21. The van der Waals surface area contributed by atoms with Crippen LogP contribution in [0.15, 0.2) is 35.5 Å². The highest BCUT2D eigenvalue weighted by Crippen LogP contribution is 2.46. The van der Waals surface area contributed by atoms with Crippen molar-refractivity contribution in [2.45, 2.75) is 18.2 Å². The first-order valence-electron chi connectivity index (χ1n) is 4.30. The van der Waals surface area contributed by atoms with E-state index in [2.05, 4.69) is 16.2 Å². The van der Waals surface area contributed by atoms with Crippen LogP contribution in [0.2, 0.25) is 0 Å². The quantitative estimate of drug-likeness (QED) is 0.704. The van der Waals surface area contributed by atoms with Gasteiger partial charge in [-0.3, -0.25) is 0 Å². The number of benzene rings is 1. The second-order valence-electron chi connectivity index (χ2n) is 3.21. The minimum absolute atomic E-state index is 0.0475. The van der Waals surface area contributed by atoms with E-state index < -0.39 is 18.2 Å². The Morgan fingerprint density at radius 1 is 1.27 bits per heavy atom.